The Balaban J connectivity index is 2.03. The van der Waals surface area contributed by atoms with Gasteiger partial charge in [-0.15, -0.1) is 0 Å². The van der Waals surface area contributed by atoms with Crippen LogP contribution < -0.4 is 14.8 Å². The Morgan fingerprint density at radius 1 is 1.14 bits per heavy atom. The number of hydrogen-bond donors (Lipinski definition) is 2. The van der Waals surface area contributed by atoms with Crippen molar-refractivity contribution in [3.63, 3.8) is 0 Å². The van der Waals surface area contributed by atoms with Crippen LogP contribution in [0.3, 0.4) is 0 Å². The Hall–Kier alpha value is -2.59. The molecule has 29 heavy (non-hydrogen) atoms. The molecule has 0 bridgehead atoms. The number of carbonyl (C=O) groups excluding carboxylic acids is 1. The Morgan fingerprint density at radius 3 is 2.34 bits per heavy atom. The molecule has 1 unspecified atom stereocenters. The van der Waals surface area contributed by atoms with Crippen LogP contribution in [-0.4, -0.2) is 28.0 Å². The minimum Gasteiger partial charge on any atom is -0.497 e. The normalized spacial score (nSPS) is 13.0. The number of hydrogen-bond acceptors (Lipinski definition) is 4. The van der Waals surface area contributed by atoms with Crippen molar-refractivity contribution in [1.29, 1.82) is 0 Å². The van der Waals surface area contributed by atoms with Crippen LogP contribution in [0.4, 0.5) is 13.2 Å². The summed E-state index contributed by atoms with van der Waals surface area (Å²) in [5.41, 5.74) is -0.280. The molecule has 0 heterocycles. The van der Waals surface area contributed by atoms with Crippen LogP contribution in [0.1, 0.15) is 30.5 Å². The van der Waals surface area contributed by atoms with Crippen molar-refractivity contribution in [2.24, 2.45) is 0 Å². The number of ether oxygens (including phenoxy) is 1. The van der Waals surface area contributed by atoms with Crippen molar-refractivity contribution in [3.05, 3.63) is 59.7 Å². The minimum atomic E-state index is -4.67. The second-order valence-corrected chi connectivity index (χ2v) is 7.92. The maximum Gasteiger partial charge on any atom is 0.416 e. The molecule has 0 spiro atoms. The van der Waals surface area contributed by atoms with Gasteiger partial charge in [0.25, 0.3) is 0 Å². The summed E-state index contributed by atoms with van der Waals surface area (Å²) in [6.07, 6.45) is -4.12. The van der Waals surface area contributed by atoms with Gasteiger partial charge in [-0.1, -0.05) is 25.1 Å². The van der Waals surface area contributed by atoms with Gasteiger partial charge in [0.1, 0.15) is 5.75 Å². The zero-order valence-electron chi connectivity index (χ0n) is 15.8. The smallest absolute Gasteiger partial charge is 0.416 e. The SMILES string of the molecule is CCC(NC(=O)CNS(=O)(=O)c1cccc(C(F)(F)F)c1)c1ccc(OC)cc1. The topological polar surface area (TPSA) is 84.5 Å². The van der Waals surface area contributed by atoms with E-state index in [4.69, 9.17) is 4.74 Å². The van der Waals surface area contributed by atoms with E-state index in [-0.39, 0.29) is 6.04 Å². The predicted molar refractivity (Wildman–Crippen MR) is 101 cm³/mol. The van der Waals surface area contributed by atoms with Crippen LogP contribution >= 0.6 is 0 Å². The molecule has 6 nitrogen and oxygen atoms in total. The zero-order valence-corrected chi connectivity index (χ0v) is 16.6. The Bertz CT molecular complexity index is 945. The second-order valence-electron chi connectivity index (χ2n) is 6.15. The van der Waals surface area contributed by atoms with Crippen LogP contribution in [-0.2, 0) is 21.0 Å². The molecule has 1 amide bonds. The summed E-state index contributed by atoms with van der Waals surface area (Å²) >= 11 is 0. The third-order valence-electron chi connectivity index (χ3n) is 4.16. The summed E-state index contributed by atoms with van der Waals surface area (Å²) in [5, 5.41) is 2.69. The van der Waals surface area contributed by atoms with Gasteiger partial charge < -0.3 is 10.1 Å². The first kappa shape index (κ1) is 22.7. The summed E-state index contributed by atoms with van der Waals surface area (Å²) < 4.78 is 69.9. The van der Waals surface area contributed by atoms with Crippen molar-refractivity contribution in [3.8, 4) is 5.75 Å². The standard InChI is InChI=1S/C19H21F3N2O4S/c1-3-17(13-7-9-15(28-2)10-8-13)24-18(25)12-23-29(26,27)16-6-4-5-14(11-16)19(20,21)22/h4-11,17,23H,3,12H2,1-2H3,(H,24,25). The number of methoxy groups -OCH3 is 1. The molecule has 0 aliphatic heterocycles. The van der Waals surface area contributed by atoms with Gasteiger partial charge >= 0.3 is 6.18 Å². The van der Waals surface area contributed by atoms with Crippen LogP contribution in [0.15, 0.2) is 53.4 Å². The maximum absolute atomic E-state index is 12.8. The van der Waals surface area contributed by atoms with E-state index in [1.807, 2.05) is 11.6 Å². The van der Waals surface area contributed by atoms with E-state index in [1.54, 1.807) is 24.3 Å². The summed E-state index contributed by atoms with van der Waals surface area (Å²) in [6.45, 7) is 1.24. The number of sulfonamides is 1. The highest BCUT2D eigenvalue weighted by Crippen LogP contribution is 2.30. The van der Waals surface area contributed by atoms with Gasteiger partial charge in [0.2, 0.25) is 15.9 Å². The fraction of sp³-hybridized carbons (Fsp3) is 0.316. The average Bonchev–Trinajstić information content (AvgIpc) is 2.70. The van der Waals surface area contributed by atoms with Gasteiger partial charge in [-0.2, -0.15) is 13.2 Å². The Kier molecular flexibility index (Phi) is 7.26. The molecule has 2 rings (SSSR count). The van der Waals surface area contributed by atoms with Gasteiger partial charge in [0.15, 0.2) is 0 Å². The molecular weight excluding hydrogens is 409 g/mol. The lowest BCUT2D eigenvalue weighted by atomic mass is 10.0. The van der Waals surface area contributed by atoms with E-state index in [1.165, 1.54) is 7.11 Å². The van der Waals surface area contributed by atoms with Crippen LogP contribution in [0.2, 0.25) is 0 Å². The molecule has 0 aromatic heterocycles. The molecule has 0 aliphatic carbocycles. The number of alkyl halides is 3. The highest BCUT2D eigenvalue weighted by Gasteiger charge is 2.31. The number of amides is 1. The molecule has 0 fully saturated rings. The largest absolute Gasteiger partial charge is 0.497 e. The monoisotopic (exact) mass is 430 g/mol. The highest BCUT2D eigenvalue weighted by molar-refractivity contribution is 7.89. The lowest BCUT2D eigenvalue weighted by Crippen LogP contribution is -2.38. The van der Waals surface area contributed by atoms with Crippen LogP contribution in [0.25, 0.3) is 0 Å². The number of halogens is 3. The molecule has 0 radical (unpaired) electrons. The van der Waals surface area contributed by atoms with Crippen molar-refractivity contribution in [2.75, 3.05) is 13.7 Å². The molecule has 158 valence electrons. The number of nitrogens with one attached hydrogen (secondary N) is 2. The quantitative estimate of drug-likeness (QED) is 0.673. The number of rotatable bonds is 8. The van der Waals surface area contributed by atoms with Gasteiger partial charge in [0.05, 0.1) is 30.2 Å². The first-order valence-electron chi connectivity index (χ1n) is 8.67. The molecule has 0 saturated heterocycles. The van der Waals surface area contributed by atoms with Gasteiger partial charge in [0, 0.05) is 0 Å². The van der Waals surface area contributed by atoms with E-state index in [9.17, 15) is 26.4 Å². The van der Waals surface area contributed by atoms with Gasteiger partial charge in [-0.3, -0.25) is 4.79 Å². The summed E-state index contributed by atoms with van der Waals surface area (Å²) in [7, 11) is -2.75. The second kappa shape index (κ2) is 9.27. The lowest BCUT2D eigenvalue weighted by molar-refractivity contribution is -0.137. The molecule has 1 atom stereocenters. The van der Waals surface area contributed by atoms with Gasteiger partial charge in [-0.25, -0.2) is 13.1 Å². The zero-order chi connectivity index (χ0) is 21.7. The van der Waals surface area contributed by atoms with E-state index in [0.717, 1.165) is 23.8 Å². The van der Waals surface area contributed by atoms with E-state index in [0.29, 0.717) is 18.2 Å². The van der Waals surface area contributed by atoms with Crippen molar-refractivity contribution < 1.29 is 31.1 Å². The predicted octanol–water partition coefficient (Wildman–Crippen LogP) is 3.26. The molecule has 2 aromatic rings. The van der Waals surface area contributed by atoms with E-state index < -0.39 is 39.1 Å². The highest BCUT2D eigenvalue weighted by atomic mass is 32.2. The summed E-state index contributed by atoms with van der Waals surface area (Å²) in [6, 6.07) is 9.99. The van der Waals surface area contributed by atoms with Crippen LogP contribution in [0, 0.1) is 0 Å². The van der Waals surface area contributed by atoms with E-state index >= 15 is 0 Å². The Morgan fingerprint density at radius 2 is 1.79 bits per heavy atom. The van der Waals surface area contributed by atoms with Crippen molar-refractivity contribution in [2.45, 2.75) is 30.5 Å². The minimum absolute atomic E-state index is 0.355. The van der Waals surface area contributed by atoms with Gasteiger partial charge in [-0.05, 0) is 42.3 Å². The Labute approximate surface area is 167 Å². The fourth-order valence-corrected chi connectivity index (χ4v) is 3.61. The first-order chi connectivity index (χ1) is 13.6. The molecule has 0 aliphatic rings. The maximum atomic E-state index is 12.8. The molecule has 0 saturated carbocycles. The number of carbonyl (C=O) groups is 1. The van der Waals surface area contributed by atoms with Crippen LogP contribution in [0.5, 0.6) is 5.75 Å². The van der Waals surface area contributed by atoms with E-state index in [2.05, 4.69) is 5.32 Å². The summed E-state index contributed by atoms with van der Waals surface area (Å²) in [5.74, 6) is 0.0481. The third-order valence-corrected chi connectivity index (χ3v) is 5.55. The molecular formula is C19H21F3N2O4S. The van der Waals surface area contributed by atoms with Crippen molar-refractivity contribution in [1.82, 2.24) is 10.0 Å². The number of benzene rings is 2. The molecule has 2 aromatic carbocycles. The third kappa shape index (κ3) is 6.20. The first-order valence-corrected chi connectivity index (χ1v) is 10.2. The fourth-order valence-electron chi connectivity index (χ4n) is 2.59. The van der Waals surface area contributed by atoms with Crippen molar-refractivity contribution >= 4 is 15.9 Å². The average molecular weight is 430 g/mol. The molecule has 2 N–H and O–H groups in total. The summed E-state index contributed by atoms with van der Waals surface area (Å²) in [4.78, 5) is 11.6. The molecule has 10 heteroatoms. The lowest BCUT2D eigenvalue weighted by Gasteiger charge is -2.18.